The number of rotatable bonds is 6. The summed E-state index contributed by atoms with van der Waals surface area (Å²) in [6.45, 7) is 1.60. The molecular weight excluding hydrogens is 306 g/mol. The lowest BCUT2D eigenvalue weighted by atomic mass is 10.0. The highest BCUT2D eigenvalue weighted by Crippen LogP contribution is 2.19. The summed E-state index contributed by atoms with van der Waals surface area (Å²) >= 11 is 0. The average Bonchev–Trinajstić information content (AvgIpc) is 2.47. The van der Waals surface area contributed by atoms with E-state index < -0.39 is 21.8 Å². The minimum atomic E-state index is -3.26. The summed E-state index contributed by atoms with van der Waals surface area (Å²) in [5, 5.41) is 9.20. The second kappa shape index (κ2) is 7.11. The first-order valence-electron chi connectivity index (χ1n) is 7.28. The molecule has 6 nitrogen and oxygen atoms in total. The standard InChI is InChI=1S/C15H21NO5S/c1-22(19,20)13-6-4-5-12(11-13)21-10-9-16-8-3-2-7-14(16)15(17)18/h4-6,11,14H,2-3,7-10H2,1H3,(H,17,18). The molecule has 1 fully saturated rings. The lowest BCUT2D eigenvalue weighted by Crippen LogP contribution is -2.46. The molecule has 1 aromatic rings. The molecule has 1 saturated heterocycles. The zero-order chi connectivity index (χ0) is 16.2. The molecule has 0 amide bonds. The molecule has 1 N–H and O–H groups in total. The number of hydrogen-bond donors (Lipinski definition) is 1. The van der Waals surface area contributed by atoms with E-state index in [-0.39, 0.29) is 4.90 Å². The van der Waals surface area contributed by atoms with Crippen molar-refractivity contribution < 1.29 is 23.1 Å². The number of benzene rings is 1. The van der Waals surface area contributed by atoms with Crippen LogP contribution in [0.25, 0.3) is 0 Å². The number of sulfone groups is 1. The van der Waals surface area contributed by atoms with Crippen molar-refractivity contribution in [3.05, 3.63) is 24.3 Å². The fraction of sp³-hybridized carbons (Fsp3) is 0.533. The number of hydrogen-bond acceptors (Lipinski definition) is 5. The van der Waals surface area contributed by atoms with Crippen LogP contribution >= 0.6 is 0 Å². The second-order valence-corrected chi connectivity index (χ2v) is 7.50. The van der Waals surface area contributed by atoms with Gasteiger partial charge in [-0.05, 0) is 37.6 Å². The molecule has 1 aromatic carbocycles. The van der Waals surface area contributed by atoms with Crippen molar-refractivity contribution in [2.45, 2.75) is 30.2 Å². The van der Waals surface area contributed by atoms with E-state index in [0.29, 0.717) is 25.3 Å². The number of carboxylic acids is 1. The molecule has 2 rings (SSSR count). The molecular formula is C15H21NO5S. The molecule has 22 heavy (non-hydrogen) atoms. The Morgan fingerprint density at radius 2 is 2.18 bits per heavy atom. The molecule has 0 bridgehead atoms. The predicted molar refractivity (Wildman–Crippen MR) is 81.9 cm³/mol. The molecule has 7 heteroatoms. The van der Waals surface area contributed by atoms with E-state index in [2.05, 4.69) is 0 Å². The van der Waals surface area contributed by atoms with Gasteiger partial charge in [0.2, 0.25) is 0 Å². The Morgan fingerprint density at radius 1 is 1.41 bits per heavy atom. The average molecular weight is 327 g/mol. The molecule has 0 radical (unpaired) electrons. The Balaban J connectivity index is 1.92. The Kier molecular flexibility index (Phi) is 5.42. The predicted octanol–water partition coefficient (Wildman–Crippen LogP) is 1.41. The van der Waals surface area contributed by atoms with Crippen molar-refractivity contribution in [2.75, 3.05) is 26.0 Å². The Bertz CT molecular complexity index is 629. The maximum atomic E-state index is 11.5. The maximum absolute atomic E-state index is 11.5. The molecule has 1 aliphatic heterocycles. The fourth-order valence-electron chi connectivity index (χ4n) is 2.61. The summed E-state index contributed by atoms with van der Waals surface area (Å²) in [5.41, 5.74) is 0. The van der Waals surface area contributed by atoms with Gasteiger partial charge >= 0.3 is 5.97 Å². The van der Waals surface area contributed by atoms with E-state index in [4.69, 9.17) is 4.74 Å². The van der Waals surface area contributed by atoms with Gasteiger partial charge in [-0.3, -0.25) is 9.69 Å². The number of likely N-dealkylation sites (tertiary alicyclic amines) is 1. The molecule has 1 heterocycles. The van der Waals surface area contributed by atoms with E-state index in [0.717, 1.165) is 25.6 Å². The van der Waals surface area contributed by atoms with Crippen molar-refractivity contribution in [3.63, 3.8) is 0 Å². The van der Waals surface area contributed by atoms with Crippen LogP contribution in [0.2, 0.25) is 0 Å². The van der Waals surface area contributed by atoms with Gasteiger partial charge in [-0.2, -0.15) is 0 Å². The Morgan fingerprint density at radius 3 is 2.86 bits per heavy atom. The molecule has 0 spiro atoms. The third-order valence-electron chi connectivity index (χ3n) is 3.78. The van der Waals surface area contributed by atoms with E-state index in [1.807, 2.05) is 4.90 Å². The number of piperidine rings is 1. The quantitative estimate of drug-likeness (QED) is 0.850. The van der Waals surface area contributed by atoms with Crippen molar-refractivity contribution in [1.29, 1.82) is 0 Å². The van der Waals surface area contributed by atoms with Crippen molar-refractivity contribution in [1.82, 2.24) is 4.90 Å². The van der Waals surface area contributed by atoms with Crippen molar-refractivity contribution in [2.24, 2.45) is 0 Å². The summed E-state index contributed by atoms with van der Waals surface area (Å²) in [5.74, 6) is -0.314. The van der Waals surface area contributed by atoms with Crippen LogP contribution in [0.15, 0.2) is 29.2 Å². The maximum Gasteiger partial charge on any atom is 0.320 e. The Hall–Kier alpha value is -1.60. The van der Waals surface area contributed by atoms with Gasteiger partial charge in [0, 0.05) is 12.8 Å². The monoisotopic (exact) mass is 327 g/mol. The summed E-state index contributed by atoms with van der Waals surface area (Å²) in [4.78, 5) is 13.3. The largest absolute Gasteiger partial charge is 0.492 e. The number of nitrogens with zero attached hydrogens (tertiary/aromatic N) is 1. The molecule has 0 aliphatic carbocycles. The van der Waals surface area contributed by atoms with Gasteiger partial charge in [0.25, 0.3) is 0 Å². The third-order valence-corrected chi connectivity index (χ3v) is 4.89. The SMILES string of the molecule is CS(=O)(=O)c1cccc(OCCN2CCCCC2C(=O)O)c1. The van der Waals surface area contributed by atoms with Crippen LogP contribution in [0.4, 0.5) is 0 Å². The van der Waals surface area contributed by atoms with Gasteiger partial charge < -0.3 is 9.84 Å². The summed E-state index contributed by atoms with van der Waals surface area (Å²) in [6.07, 6.45) is 3.74. The van der Waals surface area contributed by atoms with Gasteiger partial charge in [-0.15, -0.1) is 0 Å². The summed E-state index contributed by atoms with van der Waals surface area (Å²) in [6, 6.07) is 5.89. The van der Waals surface area contributed by atoms with Gasteiger partial charge in [-0.1, -0.05) is 12.5 Å². The highest BCUT2D eigenvalue weighted by atomic mass is 32.2. The normalized spacial score (nSPS) is 19.8. The van der Waals surface area contributed by atoms with Gasteiger partial charge in [0.05, 0.1) is 4.90 Å². The minimum absolute atomic E-state index is 0.214. The molecule has 122 valence electrons. The van der Waals surface area contributed by atoms with Crippen LogP contribution in [0, 0.1) is 0 Å². The van der Waals surface area contributed by atoms with Crippen LogP contribution in [-0.2, 0) is 14.6 Å². The zero-order valence-corrected chi connectivity index (χ0v) is 13.4. The highest BCUT2D eigenvalue weighted by Gasteiger charge is 2.27. The van der Waals surface area contributed by atoms with Gasteiger partial charge in [0.15, 0.2) is 9.84 Å². The summed E-state index contributed by atoms with van der Waals surface area (Å²) < 4.78 is 28.6. The highest BCUT2D eigenvalue weighted by molar-refractivity contribution is 7.90. The first kappa shape index (κ1) is 16.8. The van der Waals surface area contributed by atoms with Crippen LogP contribution in [0.5, 0.6) is 5.75 Å². The summed E-state index contributed by atoms with van der Waals surface area (Å²) in [7, 11) is -3.26. The van der Waals surface area contributed by atoms with Crippen LogP contribution in [-0.4, -0.2) is 56.4 Å². The van der Waals surface area contributed by atoms with Crippen molar-refractivity contribution >= 4 is 15.8 Å². The minimum Gasteiger partial charge on any atom is -0.492 e. The van der Waals surface area contributed by atoms with E-state index in [1.165, 1.54) is 12.1 Å². The van der Waals surface area contributed by atoms with Crippen LogP contribution in [0.1, 0.15) is 19.3 Å². The second-order valence-electron chi connectivity index (χ2n) is 5.48. The number of carboxylic acid groups (broad SMARTS) is 1. The van der Waals surface area contributed by atoms with Crippen LogP contribution in [0.3, 0.4) is 0 Å². The van der Waals surface area contributed by atoms with E-state index >= 15 is 0 Å². The smallest absolute Gasteiger partial charge is 0.320 e. The molecule has 0 aromatic heterocycles. The topological polar surface area (TPSA) is 83.9 Å². The van der Waals surface area contributed by atoms with Crippen LogP contribution < -0.4 is 4.74 Å². The first-order valence-corrected chi connectivity index (χ1v) is 9.17. The Labute approximate surface area is 130 Å². The lowest BCUT2D eigenvalue weighted by Gasteiger charge is -2.32. The van der Waals surface area contributed by atoms with Gasteiger partial charge in [-0.25, -0.2) is 8.42 Å². The van der Waals surface area contributed by atoms with E-state index in [9.17, 15) is 18.3 Å². The number of ether oxygens (including phenoxy) is 1. The first-order chi connectivity index (χ1) is 10.4. The van der Waals surface area contributed by atoms with Crippen molar-refractivity contribution in [3.8, 4) is 5.75 Å². The molecule has 0 saturated carbocycles. The van der Waals surface area contributed by atoms with E-state index in [1.54, 1.807) is 12.1 Å². The van der Waals surface area contributed by atoms with Gasteiger partial charge in [0.1, 0.15) is 18.4 Å². The number of carbonyl (C=O) groups is 1. The molecule has 1 aliphatic rings. The lowest BCUT2D eigenvalue weighted by molar-refractivity contribution is -0.144. The number of aliphatic carboxylic acids is 1. The zero-order valence-electron chi connectivity index (χ0n) is 12.6. The molecule has 1 unspecified atom stereocenters. The molecule has 1 atom stereocenters. The third kappa shape index (κ3) is 4.45. The fourth-order valence-corrected chi connectivity index (χ4v) is 3.27.